The maximum absolute atomic E-state index is 13.3. The summed E-state index contributed by atoms with van der Waals surface area (Å²) in [5.41, 5.74) is 1.46. The predicted octanol–water partition coefficient (Wildman–Crippen LogP) is 2.48. The Labute approximate surface area is 179 Å². The first-order chi connectivity index (χ1) is 14.3. The van der Waals surface area contributed by atoms with E-state index >= 15 is 0 Å². The molecule has 164 valence electrons. The Bertz CT molecular complexity index is 929. The van der Waals surface area contributed by atoms with Gasteiger partial charge in [0.1, 0.15) is 0 Å². The first-order valence-electron chi connectivity index (χ1n) is 10.9. The second-order valence-electron chi connectivity index (χ2n) is 9.36. The average Bonchev–Trinajstić information content (AvgIpc) is 2.71. The van der Waals surface area contributed by atoms with Crippen molar-refractivity contribution in [3.8, 4) is 0 Å². The molecule has 7 heteroatoms. The van der Waals surface area contributed by atoms with E-state index in [9.17, 15) is 9.59 Å². The minimum absolute atomic E-state index is 0.0131. The van der Waals surface area contributed by atoms with E-state index in [-0.39, 0.29) is 23.3 Å². The molecule has 1 N–H and O–H groups in total. The number of carbonyl (C=O) groups excluding carboxylic acids is 1. The molecule has 1 aliphatic rings. The van der Waals surface area contributed by atoms with Gasteiger partial charge in [-0.3, -0.25) is 9.59 Å². The highest BCUT2D eigenvalue weighted by atomic mass is 16.2. The van der Waals surface area contributed by atoms with E-state index in [0.717, 1.165) is 43.5 Å². The highest BCUT2D eigenvalue weighted by molar-refractivity contribution is 5.78. The summed E-state index contributed by atoms with van der Waals surface area (Å²) in [7, 11) is 4.06. The smallest absolute Gasteiger partial charge is 0.294 e. The topological polar surface area (TPSA) is 70.5 Å². The number of benzene rings is 1. The summed E-state index contributed by atoms with van der Waals surface area (Å²) in [6, 6.07) is 7.68. The Morgan fingerprint density at radius 3 is 2.57 bits per heavy atom. The Kier molecular flexibility index (Phi) is 7.13. The van der Waals surface area contributed by atoms with Gasteiger partial charge in [-0.2, -0.15) is 0 Å². The van der Waals surface area contributed by atoms with E-state index in [1.54, 1.807) is 4.57 Å². The number of piperidine rings is 1. The van der Waals surface area contributed by atoms with Gasteiger partial charge in [0.2, 0.25) is 5.91 Å². The van der Waals surface area contributed by atoms with Crippen LogP contribution in [-0.2, 0) is 11.3 Å². The number of fused-ring (bicyclic) bond motifs is 1. The molecular weight excluding hydrogens is 378 g/mol. The molecule has 1 amide bonds. The lowest BCUT2D eigenvalue weighted by Crippen LogP contribution is -2.40. The van der Waals surface area contributed by atoms with E-state index in [4.69, 9.17) is 0 Å². The van der Waals surface area contributed by atoms with Crippen molar-refractivity contribution in [2.75, 3.05) is 45.2 Å². The van der Waals surface area contributed by atoms with Crippen molar-refractivity contribution < 1.29 is 4.79 Å². The standard InChI is InChI=1S/C23H35N5O2/c1-23(2,17-26(3)4)16-24-20(29)12-15-28-19-11-7-6-10-18(19)25-21(22(28)30)27-13-8-5-9-14-27/h6-7,10-11H,5,8-9,12-17H2,1-4H3,(H,24,29). The van der Waals surface area contributed by atoms with Gasteiger partial charge < -0.3 is 19.7 Å². The van der Waals surface area contributed by atoms with Crippen LogP contribution in [0.25, 0.3) is 11.0 Å². The van der Waals surface area contributed by atoms with Gasteiger partial charge in [0, 0.05) is 39.1 Å². The Morgan fingerprint density at radius 1 is 1.17 bits per heavy atom. The number of aromatic nitrogens is 2. The van der Waals surface area contributed by atoms with E-state index in [1.807, 2.05) is 38.4 Å². The first kappa shape index (κ1) is 22.3. The summed E-state index contributed by atoms with van der Waals surface area (Å²) in [6.07, 6.45) is 3.63. The van der Waals surface area contributed by atoms with Crippen LogP contribution >= 0.6 is 0 Å². The van der Waals surface area contributed by atoms with Gasteiger partial charge in [-0.1, -0.05) is 26.0 Å². The van der Waals surface area contributed by atoms with Gasteiger partial charge in [-0.05, 0) is 50.9 Å². The Morgan fingerprint density at radius 2 is 1.87 bits per heavy atom. The SMILES string of the molecule is CN(C)CC(C)(C)CNC(=O)CCn1c(=O)c(N2CCCCC2)nc2ccccc21. The molecule has 0 aliphatic carbocycles. The van der Waals surface area contributed by atoms with Gasteiger partial charge in [-0.15, -0.1) is 0 Å². The Balaban J connectivity index is 1.75. The van der Waals surface area contributed by atoms with E-state index < -0.39 is 0 Å². The maximum Gasteiger partial charge on any atom is 0.294 e. The van der Waals surface area contributed by atoms with Gasteiger partial charge in [0.15, 0.2) is 5.82 Å². The van der Waals surface area contributed by atoms with Crippen molar-refractivity contribution in [1.82, 2.24) is 19.8 Å². The predicted molar refractivity (Wildman–Crippen MR) is 122 cm³/mol. The summed E-state index contributed by atoms with van der Waals surface area (Å²) in [6.45, 7) is 7.85. The van der Waals surface area contributed by atoms with Gasteiger partial charge >= 0.3 is 0 Å². The zero-order valence-electron chi connectivity index (χ0n) is 18.8. The molecule has 3 rings (SSSR count). The molecule has 0 atom stereocenters. The average molecular weight is 414 g/mol. The largest absolute Gasteiger partial charge is 0.355 e. The number of carbonyl (C=O) groups is 1. The molecule has 2 heterocycles. The summed E-state index contributed by atoms with van der Waals surface area (Å²) in [5.74, 6) is 0.482. The number of para-hydroxylation sites is 2. The quantitative estimate of drug-likeness (QED) is 0.720. The third-order valence-electron chi connectivity index (χ3n) is 5.56. The fraction of sp³-hybridized carbons (Fsp3) is 0.609. The zero-order chi connectivity index (χ0) is 21.7. The van der Waals surface area contributed by atoms with Crippen LogP contribution in [0.1, 0.15) is 39.5 Å². The van der Waals surface area contributed by atoms with Crippen LogP contribution in [-0.4, -0.2) is 60.6 Å². The summed E-state index contributed by atoms with van der Waals surface area (Å²) in [4.78, 5) is 34.7. The molecule has 0 saturated carbocycles. The van der Waals surface area contributed by atoms with E-state index in [0.29, 0.717) is 18.9 Å². The molecular formula is C23H35N5O2. The highest BCUT2D eigenvalue weighted by Gasteiger charge is 2.21. The van der Waals surface area contributed by atoms with Crippen LogP contribution in [0.2, 0.25) is 0 Å². The van der Waals surface area contributed by atoms with E-state index in [1.165, 1.54) is 6.42 Å². The molecule has 2 aromatic rings. The van der Waals surface area contributed by atoms with Crippen LogP contribution in [0, 0.1) is 5.41 Å². The van der Waals surface area contributed by atoms with Gasteiger partial charge in [0.25, 0.3) is 5.56 Å². The second-order valence-corrected chi connectivity index (χ2v) is 9.36. The zero-order valence-corrected chi connectivity index (χ0v) is 18.8. The number of nitrogens with zero attached hydrogens (tertiary/aromatic N) is 4. The molecule has 30 heavy (non-hydrogen) atoms. The number of nitrogens with one attached hydrogen (secondary N) is 1. The summed E-state index contributed by atoms with van der Waals surface area (Å²) in [5, 5.41) is 3.04. The third-order valence-corrected chi connectivity index (χ3v) is 5.56. The second kappa shape index (κ2) is 9.60. The number of hydrogen-bond acceptors (Lipinski definition) is 5. The maximum atomic E-state index is 13.3. The molecule has 0 radical (unpaired) electrons. The fourth-order valence-electron chi connectivity index (χ4n) is 4.26. The van der Waals surface area contributed by atoms with Crippen molar-refractivity contribution in [2.24, 2.45) is 5.41 Å². The number of rotatable bonds is 8. The number of amides is 1. The summed E-state index contributed by atoms with van der Waals surface area (Å²) >= 11 is 0. The van der Waals surface area contributed by atoms with Gasteiger partial charge in [0.05, 0.1) is 11.0 Å². The lowest BCUT2D eigenvalue weighted by molar-refractivity contribution is -0.121. The monoisotopic (exact) mass is 413 g/mol. The van der Waals surface area contributed by atoms with Crippen LogP contribution in [0.3, 0.4) is 0 Å². The molecule has 1 aromatic heterocycles. The molecule has 1 saturated heterocycles. The van der Waals surface area contributed by atoms with Crippen LogP contribution in [0.5, 0.6) is 0 Å². The third kappa shape index (κ3) is 5.59. The van der Waals surface area contributed by atoms with Crippen LogP contribution in [0.15, 0.2) is 29.1 Å². The number of hydrogen-bond donors (Lipinski definition) is 1. The van der Waals surface area contributed by atoms with Crippen LogP contribution < -0.4 is 15.8 Å². The van der Waals surface area contributed by atoms with Crippen LogP contribution in [0.4, 0.5) is 5.82 Å². The minimum Gasteiger partial charge on any atom is -0.355 e. The lowest BCUT2D eigenvalue weighted by atomic mass is 9.93. The minimum atomic E-state index is -0.101. The van der Waals surface area contributed by atoms with Crippen molar-refractivity contribution in [3.63, 3.8) is 0 Å². The number of anilines is 1. The fourth-order valence-corrected chi connectivity index (χ4v) is 4.26. The molecule has 1 aromatic carbocycles. The van der Waals surface area contributed by atoms with Crippen molar-refractivity contribution in [1.29, 1.82) is 0 Å². The highest BCUT2D eigenvalue weighted by Crippen LogP contribution is 2.19. The molecule has 0 bridgehead atoms. The van der Waals surface area contributed by atoms with Crippen molar-refractivity contribution in [3.05, 3.63) is 34.6 Å². The lowest BCUT2D eigenvalue weighted by Gasteiger charge is -2.28. The van der Waals surface area contributed by atoms with Crippen molar-refractivity contribution in [2.45, 2.75) is 46.1 Å². The normalized spacial score (nSPS) is 15.0. The molecule has 0 unspecified atom stereocenters. The molecule has 1 fully saturated rings. The number of aryl methyl sites for hydroxylation is 1. The molecule has 1 aliphatic heterocycles. The first-order valence-corrected chi connectivity index (χ1v) is 10.9. The summed E-state index contributed by atoms with van der Waals surface area (Å²) < 4.78 is 1.72. The molecule has 7 nitrogen and oxygen atoms in total. The Hall–Kier alpha value is -2.41. The molecule has 0 spiro atoms. The van der Waals surface area contributed by atoms with Crippen molar-refractivity contribution >= 4 is 22.8 Å². The van der Waals surface area contributed by atoms with Gasteiger partial charge in [-0.25, -0.2) is 4.98 Å². The van der Waals surface area contributed by atoms with E-state index in [2.05, 4.69) is 33.9 Å².